The van der Waals surface area contributed by atoms with E-state index in [1.165, 1.54) is 4.90 Å². The highest BCUT2D eigenvalue weighted by atomic mass is 35.5. The Labute approximate surface area is 249 Å². The first kappa shape index (κ1) is 32.2. The van der Waals surface area contributed by atoms with E-state index in [1.807, 2.05) is 46.8 Å². The molecular formula is C32H40ClN3O4S. The van der Waals surface area contributed by atoms with E-state index < -0.39 is 28.5 Å². The van der Waals surface area contributed by atoms with Gasteiger partial charge in [-0.2, -0.15) is 0 Å². The summed E-state index contributed by atoms with van der Waals surface area (Å²) in [5, 5.41) is 3.40. The smallest absolute Gasteiger partial charge is 0.264 e. The molecule has 7 nitrogen and oxygen atoms in total. The van der Waals surface area contributed by atoms with Gasteiger partial charge in [-0.3, -0.25) is 13.9 Å². The van der Waals surface area contributed by atoms with Gasteiger partial charge < -0.3 is 10.2 Å². The van der Waals surface area contributed by atoms with Crippen molar-refractivity contribution in [3.63, 3.8) is 0 Å². The Bertz CT molecular complexity index is 1460. The molecule has 3 rings (SSSR count). The predicted octanol–water partition coefficient (Wildman–Crippen LogP) is 6.18. The van der Waals surface area contributed by atoms with Crippen LogP contribution in [0, 0.1) is 20.8 Å². The Morgan fingerprint density at radius 2 is 1.61 bits per heavy atom. The summed E-state index contributed by atoms with van der Waals surface area (Å²) in [5.74, 6) is -0.778. The molecule has 1 unspecified atom stereocenters. The van der Waals surface area contributed by atoms with Gasteiger partial charge in [-0.15, -0.1) is 0 Å². The molecule has 1 N–H and O–H groups in total. The number of halogens is 1. The molecule has 0 radical (unpaired) electrons. The van der Waals surface area contributed by atoms with Gasteiger partial charge in [-0.05, 0) is 74.6 Å². The van der Waals surface area contributed by atoms with Crippen LogP contribution in [0.25, 0.3) is 0 Å². The standard InChI is InChI=1S/C32H40ClN3O4S/c1-6-8-20-34-32(38)29(7-2)35(21-26-13-9-10-14-28(26)33)31(37)22-36(30-15-11-12-24(4)25(30)5)41(39,40)27-18-16-23(3)17-19-27/h9-19,29H,6-8,20-22H2,1-5H3,(H,34,38). The average molecular weight is 598 g/mol. The zero-order valence-corrected chi connectivity index (χ0v) is 26.1. The van der Waals surface area contributed by atoms with Crippen LogP contribution in [0.3, 0.4) is 0 Å². The van der Waals surface area contributed by atoms with Gasteiger partial charge in [0, 0.05) is 18.1 Å². The molecule has 0 aliphatic rings. The first-order chi connectivity index (χ1) is 19.5. The minimum atomic E-state index is -4.13. The third kappa shape index (κ3) is 7.89. The van der Waals surface area contributed by atoms with Gasteiger partial charge in [0.15, 0.2) is 0 Å². The molecule has 0 heterocycles. The number of amides is 2. The van der Waals surface area contributed by atoms with Gasteiger partial charge in [-0.25, -0.2) is 8.42 Å². The maximum Gasteiger partial charge on any atom is 0.264 e. The van der Waals surface area contributed by atoms with Crippen LogP contribution >= 0.6 is 11.6 Å². The number of benzene rings is 3. The fraction of sp³-hybridized carbons (Fsp3) is 0.375. The van der Waals surface area contributed by atoms with Crippen molar-refractivity contribution in [2.24, 2.45) is 0 Å². The molecule has 0 aromatic heterocycles. The van der Waals surface area contributed by atoms with E-state index in [2.05, 4.69) is 5.32 Å². The normalized spacial score (nSPS) is 12.0. The first-order valence-corrected chi connectivity index (χ1v) is 15.8. The van der Waals surface area contributed by atoms with E-state index >= 15 is 0 Å². The second kappa shape index (κ2) is 14.5. The Morgan fingerprint density at radius 3 is 2.24 bits per heavy atom. The molecule has 0 bridgehead atoms. The molecule has 41 heavy (non-hydrogen) atoms. The number of carbonyl (C=O) groups excluding carboxylic acids is 2. The van der Waals surface area contributed by atoms with Crippen molar-refractivity contribution in [1.29, 1.82) is 0 Å². The molecule has 2 amide bonds. The molecule has 0 saturated heterocycles. The fourth-order valence-corrected chi connectivity index (χ4v) is 6.26. The number of anilines is 1. The van der Waals surface area contributed by atoms with Crippen molar-refractivity contribution in [2.75, 3.05) is 17.4 Å². The van der Waals surface area contributed by atoms with Gasteiger partial charge in [0.25, 0.3) is 10.0 Å². The topological polar surface area (TPSA) is 86.8 Å². The number of nitrogens with zero attached hydrogens (tertiary/aromatic N) is 2. The summed E-state index contributed by atoms with van der Waals surface area (Å²) in [6.07, 6.45) is 2.08. The van der Waals surface area contributed by atoms with Crippen LogP contribution in [-0.2, 0) is 26.2 Å². The number of rotatable bonds is 13. The monoisotopic (exact) mass is 597 g/mol. The van der Waals surface area contributed by atoms with Crippen LogP contribution in [0.4, 0.5) is 5.69 Å². The number of sulfonamides is 1. The van der Waals surface area contributed by atoms with Crippen molar-refractivity contribution in [3.05, 3.63) is 94.0 Å². The number of hydrogen-bond donors (Lipinski definition) is 1. The Kier molecular flexibility index (Phi) is 11.4. The zero-order chi connectivity index (χ0) is 30.2. The van der Waals surface area contributed by atoms with Crippen molar-refractivity contribution in [3.8, 4) is 0 Å². The second-order valence-corrected chi connectivity index (χ2v) is 12.5. The van der Waals surface area contributed by atoms with Gasteiger partial charge in [0.05, 0.1) is 10.6 Å². The van der Waals surface area contributed by atoms with Crippen molar-refractivity contribution >= 4 is 39.1 Å². The lowest BCUT2D eigenvalue weighted by molar-refractivity contribution is -0.140. The van der Waals surface area contributed by atoms with E-state index in [9.17, 15) is 18.0 Å². The van der Waals surface area contributed by atoms with Crippen LogP contribution in [0.2, 0.25) is 5.02 Å². The Morgan fingerprint density at radius 1 is 0.927 bits per heavy atom. The summed E-state index contributed by atoms with van der Waals surface area (Å²) in [4.78, 5) is 29.0. The number of nitrogens with one attached hydrogen (secondary N) is 1. The van der Waals surface area contributed by atoms with Crippen LogP contribution < -0.4 is 9.62 Å². The highest BCUT2D eigenvalue weighted by molar-refractivity contribution is 7.92. The summed E-state index contributed by atoms with van der Waals surface area (Å²) in [6, 6.07) is 18.3. The first-order valence-electron chi connectivity index (χ1n) is 14.0. The maximum absolute atomic E-state index is 14.2. The quantitative estimate of drug-likeness (QED) is 0.238. The lowest BCUT2D eigenvalue weighted by Gasteiger charge is -2.34. The fourth-order valence-electron chi connectivity index (χ4n) is 4.59. The molecule has 1 atom stereocenters. The minimum absolute atomic E-state index is 0.0590. The van der Waals surface area contributed by atoms with Gasteiger partial charge in [0.2, 0.25) is 11.8 Å². The second-order valence-electron chi connectivity index (χ2n) is 10.2. The number of unbranched alkanes of at least 4 members (excludes halogenated alkanes) is 1. The number of aryl methyl sites for hydroxylation is 2. The van der Waals surface area contributed by atoms with E-state index in [-0.39, 0.29) is 17.3 Å². The van der Waals surface area contributed by atoms with Gasteiger partial charge in [-0.1, -0.05) is 79.9 Å². The molecule has 0 fully saturated rings. The van der Waals surface area contributed by atoms with E-state index in [1.54, 1.807) is 54.6 Å². The van der Waals surface area contributed by atoms with Gasteiger partial charge >= 0.3 is 0 Å². The van der Waals surface area contributed by atoms with E-state index in [0.717, 1.165) is 33.8 Å². The van der Waals surface area contributed by atoms with Crippen LogP contribution in [0.1, 0.15) is 55.4 Å². The van der Waals surface area contributed by atoms with Crippen molar-refractivity contribution in [2.45, 2.75) is 71.4 Å². The number of hydrogen-bond acceptors (Lipinski definition) is 4. The Hall–Kier alpha value is -3.36. The lowest BCUT2D eigenvalue weighted by atomic mass is 10.1. The molecular weight excluding hydrogens is 558 g/mol. The summed E-state index contributed by atoms with van der Waals surface area (Å²) in [7, 11) is -4.13. The average Bonchev–Trinajstić information content (AvgIpc) is 2.94. The molecule has 220 valence electrons. The highest BCUT2D eigenvalue weighted by Gasteiger charge is 2.34. The maximum atomic E-state index is 14.2. The molecule has 0 aliphatic carbocycles. The predicted molar refractivity (Wildman–Crippen MR) is 166 cm³/mol. The SMILES string of the molecule is CCCCNC(=O)C(CC)N(Cc1ccccc1Cl)C(=O)CN(c1cccc(C)c1C)S(=O)(=O)c1ccc(C)cc1. The third-order valence-electron chi connectivity index (χ3n) is 7.25. The van der Waals surface area contributed by atoms with Crippen LogP contribution in [-0.4, -0.2) is 44.3 Å². The molecule has 9 heteroatoms. The highest BCUT2D eigenvalue weighted by Crippen LogP contribution is 2.29. The van der Waals surface area contributed by atoms with Crippen LogP contribution in [0.5, 0.6) is 0 Å². The zero-order valence-electron chi connectivity index (χ0n) is 24.5. The molecule has 0 aliphatic heterocycles. The Balaban J connectivity index is 2.09. The lowest BCUT2D eigenvalue weighted by Crippen LogP contribution is -2.52. The summed E-state index contributed by atoms with van der Waals surface area (Å²) in [5.41, 5.74) is 3.65. The van der Waals surface area contributed by atoms with E-state index in [4.69, 9.17) is 11.6 Å². The third-order valence-corrected chi connectivity index (χ3v) is 9.39. The molecule has 0 saturated carbocycles. The summed E-state index contributed by atoms with van der Waals surface area (Å²) >= 11 is 6.46. The molecule has 3 aromatic carbocycles. The van der Waals surface area contributed by atoms with E-state index in [0.29, 0.717) is 29.2 Å². The number of carbonyl (C=O) groups is 2. The largest absolute Gasteiger partial charge is 0.354 e. The molecule has 0 spiro atoms. The van der Waals surface area contributed by atoms with Crippen LogP contribution in [0.15, 0.2) is 71.6 Å². The minimum Gasteiger partial charge on any atom is -0.354 e. The molecule has 3 aromatic rings. The summed E-state index contributed by atoms with van der Waals surface area (Å²) < 4.78 is 29.3. The summed E-state index contributed by atoms with van der Waals surface area (Å²) in [6.45, 7) is 9.56. The van der Waals surface area contributed by atoms with Gasteiger partial charge in [0.1, 0.15) is 12.6 Å². The van der Waals surface area contributed by atoms with Crippen molar-refractivity contribution < 1.29 is 18.0 Å². The van der Waals surface area contributed by atoms with Crippen molar-refractivity contribution in [1.82, 2.24) is 10.2 Å².